The highest BCUT2D eigenvalue weighted by Crippen LogP contribution is 2.31. The summed E-state index contributed by atoms with van der Waals surface area (Å²) in [5, 5.41) is 6.12. The molecular weight excluding hydrogens is 294 g/mol. The van der Waals surface area contributed by atoms with Crippen LogP contribution in [-0.2, 0) is 4.79 Å². The van der Waals surface area contributed by atoms with Gasteiger partial charge >= 0.3 is 0 Å². The normalized spacial score (nSPS) is 15.5. The second kappa shape index (κ2) is 5.72. The summed E-state index contributed by atoms with van der Waals surface area (Å²) in [5.74, 6) is 0.215. The number of carbonyl (C=O) groups excluding carboxylic acids is 1. The lowest BCUT2D eigenvalue weighted by Crippen LogP contribution is -2.56. The molecule has 1 aliphatic rings. The number of aromatic nitrogens is 1. The molecule has 22 heavy (non-hydrogen) atoms. The van der Waals surface area contributed by atoms with Crippen LogP contribution in [0.2, 0.25) is 0 Å². The van der Waals surface area contributed by atoms with Crippen molar-refractivity contribution >= 4 is 22.4 Å². The maximum atomic E-state index is 12.1. The van der Waals surface area contributed by atoms with Crippen LogP contribution < -0.4 is 10.2 Å². The van der Waals surface area contributed by atoms with Gasteiger partial charge in [0, 0.05) is 29.6 Å². The molecule has 1 saturated heterocycles. The lowest BCUT2D eigenvalue weighted by atomic mass is 9.98. The maximum absolute atomic E-state index is 12.1. The van der Waals surface area contributed by atoms with Crippen molar-refractivity contribution in [3.05, 3.63) is 35.7 Å². The largest absolute Gasteiger partial charge is 0.351 e. The van der Waals surface area contributed by atoms with Gasteiger partial charge in [-0.3, -0.25) is 4.79 Å². The second-order valence-electron chi connectivity index (χ2n) is 6.72. The van der Waals surface area contributed by atoms with Crippen molar-refractivity contribution in [2.24, 2.45) is 5.92 Å². The fraction of sp³-hybridized carbons (Fsp3) is 0.412. The van der Waals surface area contributed by atoms with Crippen molar-refractivity contribution in [1.29, 1.82) is 0 Å². The third-order valence-corrected chi connectivity index (χ3v) is 4.48. The van der Waals surface area contributed by atoms with Crippen molar-refractivity contribution in [1.82, 2.24) is 10.3 Å². The van der Waals surface area contributed by atoms with E-state index in [9.17, 15) is 4.79 Å². The number of benzene rings is 1. The van der Waals surface area contributed by atoms with Gasteiger partial charge < -0.3 is 10.2 Å². The summed E-state index contributed by atoms with van der Waals surface area (Å²) in [5.41, 5.74) is 1.97. The zero-order valence-corrected chi connectivity index (χ0v) is 14.0. The first kappa shape index (κ1) is 15.0. The van der Waals surface area contributed by atoms with Crippen molar-refractivity contribution in [2.75, 3.05) is 18.0 Å². The molecule has 0 bridgehead atoms. The molecule has 0 saturated carbocycles. The van der Waals surface area contributed by atoms with Crippen molar-refractivity contribution < 1.29 is 4.79 Å². The zero-order chi connectivity index (χ0) is 15.7. The third-order valence-electron chi connectivity index (χ3n) is 3.58. The van der Waals surface area contributed by atoms with Crippen LogP contribution in [0.1, 0.15) is 20.8 Å². The number of carbonyl (C=O) groups is 1. The first-order valence-electron chi connectivity index (χ1n) is 7.50. The van der Waals surface area contributed by atoms with E-state index in [1.165, 1.54) is 0 Å². The summed E-state index contributed by atoms with van der Waals surface area (Å²) in [7, 11) is 0. The van der Waals surface area contributed by atoms with Crippen LogP contribution in [0.4, 0.5) is 5.13 Å². The molecule has 116 valence electrons. The SMILES string of the molecule is CC(C)(C)NC(=O)C1CN(c2nc(-c3ccccc3)cs2)C1. The Bertz CT molecular complexity index is 654. The molecule has 1 aromatic carbocycles. The van der Waals surface area contributed by atoms with E-state index in [2.05, 4.69) is 32.7 Å². The molecule has 1 aliphatic heterocycles. The van der Waals surface area contributed by atoms with Crippen LogP contribution in [0.15, 0.2) is 35.7 Å². The summed E-state index contributed by atoms with van der Waals surface area (Å²) in [6.07, 6.45) is 0. The Labute approximate surface area is 135 Å². The van der Waals surface area contributed by atoms with E-state index >= 15 is 0 Å². The predicted molar refractivity (Wildman–Crippen MR) is 91.1 cm³/mol. The summed E-state index contributed by atoms with van der Waals surface area (Å²) in [6, 6.07) is 10.2. The van der Waals surface area contributed by atoms with Crippen molar-refractivity contribution in [3.63, 3.8) is 0 Å². The molecule has 5 heteroatoms. The highest BCUT2D eigenvalue weighted by molar-refractivity contribution is 7.14. The number of hydrogen-bond acceptors (Lipinski definition) is 4. The van der Waals surface area contributed by atoms with E-state index in [4.69, 9.17) is 0 Å². The minimum Gasteiger partial charge on any atom is -0.351 e. The molecular formula is C17H21N3OS. The molecule has 0 spiro atoms. The molecule has 1 amide bonds. The molecule has 0 radical (unpaired) electrons. The van der Waals surface area contributed by atoms with E-state index in [1.54, 1.807) is 11.3 Å². The maximum Gasteiger partial charge on any atom is 0.227 e. The number of anilines is 1. The highest BCUT2D eigenvalue weighted by atomic mass is 32.1. The van der Waals surface area contributed by atoms with Crippen LogP contribution >= 0.6 is 11.3 Å². The van der Waals surface area contributed by atoms with Gasteiger partial charge in [-0.2, -0.15) is 0 Å². The van der Waals surface area contributed by atoms with Crippen LogP contribution in [-0.4, -0.2) is 29.5 Å². The third kappa shape index (κ3) is 3.30. The van der Waals surface area contributed by atoms with Crippen LogP contribution in [0.25, 0.3) is 11.3 Å². The number of rotatable bonds is 3. The number of nitrogens with zero attached hydrogens (tertiary/aromatic N) is 2. The number of thiazole rings is 1. The average Bonchev–Trinajstić information content (AvgIpc) is 2.85. The topological polar surface area (TPSA) is 45.2 Å². The Kier molecular flexibility index (Phi) is 3.91. The Hall–Kier alpha value is -1.88. The lowest BCUT2D eigenvalue weighted by Gasteiger charge is -2.39. The standard InChI is InChI=1S/C17H21N3OS/c1-17(2,3)19-15(21)13-9-20(10-13)16-18-14(11-22-16)12-7-5-4-6-8-12/h4-8,11,13H,9-10H2,1-3H3,(H,19,21). The molecule has 0 unspecified atom stereocenters. The summed E-state index contributed by atoms with van der Waals surface area (Å²) in [4.78, 5) is 18.9. The molecule has 1 N–H and O–H groups in total. The smallest absolute Gasteiger partial charge is 0.227 e. The quantitative estimate of drug-likeness (QED) is 0.946. The summed E-state index contributed by atoms with van der Waals surface area (Å²) >= 11 is 1.64. The fourth-order valence-corrected chi connectivity index (χ4v) is 3.28. The van der Waals surface area contributed by atoms with E-state index < -0.39 is 0 Å². The van der Waals surface area contributed by atoms with E-state index in [0.717, 1.165) is 29.5 Å². The van der Waals surface area contributed by atoms with E-state index in [1.807, 2.05) is 39.0 Å². The van der Waals surface area contributed by atoms with Crippen molar-refractivity contribution in [2.45, 2.75) is 26.3 Å². The first-order valence-corrected chi connectivity index (χ1v) is 8.38. The molecule has 4 nitrogen and oxygen atoms in total. The van der Waals surface area contributed by atoms with Crippen molar-refractivity contribution in [3.8, 4) is 11.3 Å². The molecule has 2 aromatic rings. The van der Waals surface area contributed by atoms with Gasteiger partial charge in [-0.25, -0.2) is 4.98 Å². The number of hydrogen-bond donors (Lipinski definition) is 1. The molecule has 2 heterocycles. The predicted octanol–water partition coefficient (Wildman–Crippen LogP) is 3.16. The molecule has 0 atom stereocenters. The summed E-state index contributed by atoms with van der Waals surface area (Å²) in [6.45, 7) is 7.53. The fourth-order valence-electron chi connectivity index (χ4n) is 2.42. The van der Waals surface area contributed by atoms with Gasteiger partial charge in [-0.1, -0.05) is 30.3 Å². The lowest BCUT2D eigenvalue weighted by molar-refractivity contribution is -0.127. The average molecular weight is 315 g/mol. The molecule has 1 aromatic heterocycles. The van der Waals surface area contributed by atoms with Gasteiger partial charge in [0.1, 0.15) is 0 Å². The molecule has 3 rings (SSSR count). The van der Waals surface area contributed by atoms with Gasteiger partial charge in [0.15, 0.2) is 5.13 Å². The highest BCUT2D eigenvalue weighted by Gasteiger charge is 2.35. The van der Waals surface area contributed by atoms with Gasteiger partial charge in [-0.15, -0.1) is 11.3 Å². The van der Waals surface area contributed by atoms with Gasteiger partial charge in [0.2, 0.25) is 5.91 Å². The number of nitrogens with one attached hydrogen (secondary N) is 1. The van der Waals surface area contributed by atoms with Crippen LogP contribution in [0.3, 0.4) is 0 Å². The zero-order valence-electron chi connectivity index (χ0n) is 13.2. The Morgan fingerprint density at radius 2 is 1.95 bits per heavy atom. The second-order valence-corrected chi connectivity index (χ2v) is 7.56. The van der Waals surface area contributed by atoms with Crippen LogP contribution in [0, 0.1) is 5.92 Å². The van der Waals surface area contributed by atoms with Gasteiger partial charge in [0.25, 0.3) is 0 Å². The summed E-state index contributed by atoms with van der Waals surface area (Å²) < 4.78 is 0. The van der Waals surface area contributed by atoms with E-state index in [0.29, 0.717) is 0 Å². The molecule has 1 fully saturated rings. The van der Waals surface area contributed by atoms with E-state index in [-0.39, 0.29) is 17.4 Å². The number of amides is 1. The molecule has 0 aliphatic carbocycles. The first-order chi connectivity index (χ1) is 10.4. The Morgan fingerprint density at radius 1 is 1.27 bits per heavy atom. The minimum absolute atomic E-state index is 0.0725. The Balaban J connectivity index is 1.60. The Morgan fingerprint density at radius 3 is 2.59 bits per heavy atom. The van der Waals surface area contributed by atoms with Gasteiger partial charge in [-0.05, 0) is 20.8 Å². The monoisotopic (exact) mass is 315 g/mol. The minimum atomic E-state index is -0.167. The van der Waals surface area contributed by atoms with Gasteiger partial charge in [0.05, 0.1) is 11.6 Å². The van der Waals surface area contributed by atoms with Crippen LogP contribution in [0.5, 0.6) is 0 Å².